The molecule has 2 N–H and O–H groups in total. The number of aliphatic hydroxyl groups excluding tert-OH is 1. The quantitative estimate of drug-likeness (QED) is 0.392. The lowest BCUT2D eigenvalue weighted by Crippen LogP contribution is -2.41. The molecule has 0 aliphatic rings. The molecule has 0 aromatic heterocycles. The summed E-state index contributed by atoms with van der Waals surface area (Å²) in [6.45, 7) is 5.70. The number of carbonyl (C=O) groups is 1. The highest BCUT2D eigenvalue weighted by Crippen LogP contribution is 1.89. The normalized spacial score (nSPS) is 10.0. The Morgan fingerprint density at radius 2 is 2.33 bits per heavy atom. The third-order valence-electron chi connectivity index (χ3n) is 1.85. The van der Waals surface area contributed by atoms with Crippen molar-refractivity contribution in [1.82, 2.24) is 10.2 Å². The van der Waals surface area contributed by atoms with Gasteiger partial charge in [-0.3, -0.25) is 4.79 Å². The Morgan fingerprint density at radius 3 is 2.87 bits per heavy atom. The van der Waals surface area contributed by atoms with Gasteiger partial charge in [-0.15, -0.1) is 6.58 Å². The van der Waals surface area contributed by atoms with Crippen LogP contribution in [0.2, 0.25) is 0 Å². The van der Waals surface area contributed by atoms with Gasteiger partial charge in [-0.1, -0.05) is 6.08 Å². The van der Waals surface area contributed by atoms with E-state index < -0.39 is 0 Å². The van der Waals surface area contributed by atoms with Gasteiger partial charge in [0.25, 0.3) is 0 Å². The molecule has 0 aromatic carbocycles. The zero-order chi connectivity index (χ0) is 11.5. The fourth-order valence-corrected chi connectivity index (χ4v) is 1.08. The second-order valence-electron chi connectivity index (χ2n) is 3.02. The molecule has 0 aromatic rings. The number of nitrogens with zero attached hydrogens (tertiary/aromatic N) is 1. The van der Waals surface area contributed by atoms with Crippen molar-refractivity contribution in [3.05, 3.63) is 12.7 Å². The molecule has 5 nitrogen and oxygen atoms in total. The fraction of sp³-hybridized carbons (Fsp3) is 0.700. The molecule has 88 valence electrons. The molecule has 15 heavy (non-hydrogen) atoms. The van der Waals surface area contributed by atoms with Crippen molar-refractivity contribution in [2.45, 2.75) is 0 Å². The first-order chi connectivity index (χ1) is 7.26. The molecule has 0 atom stereocenters. The Bertz CT molecular complexity index is 186. The topological polar surface area (TPSA) is 61.8 Å². The molecule has 0 saturated carbocycles. The van der Waals surface area contributed by atoms with Crippen LogP contribution in [0.1, 0.15) is 0 Å². The van der Waals surface area contributed by atoms with Crippen LogP contribution < -0.4 is 5.32 Å². The van der Waals surface area contributed by atoms with E-state index in [2.05, 4.69) is 11.9 Å². The van der Waals surface area contributed by atoms with Gasteiger partial charge < -0.3 is 20.1 Å². The first-order valence-electron chi connectivity index (χ1n) is 4.95. The number of aliphatic hydroxyl groups is 1. The minimum atomic E-state index is -0.0389. The number of hydrogen-bond donors (Lipinski definition) is 2. The highest BCUT2D eigenvalue weighted by molar-refractivity contribution is 5.78. The van der Waals surface area contributed by atoms with Crippen LogP contribution in [0, 0.1) is 0 Å². The minimum Gasteiger partial charge on any atom is -0.395 e. The summed E-state index contributed by atoms with van der Waals surface area (Å²) in [5, 5.41) is 11.7. The van der Waals surface area contributed by atoms with Crippen molar-refractivity contribution in [2.75, 3.05) is 46.5 Å². The Labute approximate surface area is 90.7 Å². The van der Waals surface area contributed by atoms with E-state index in [4.69, 9.17) is 9.84 Å². The predicted octanol–water partition coefficient (Wildman–Crippen LogP) is -0.771. The number of rotatable bonds is 9. The first kappa shape index (κ1) is 14.1. The molecular formula is C10H20N2O3. The van der Waals surface area contributed by atoms with E-state index in [1.54, 1.807) is 18.1 Å². The summed E-state index contributed by atoms with van der Waals surface area (Å²) in [6, 6.07) is 0. The third kappa shape index (κ3) is 7.07. The molecule has 0 heterocycles. The molecule has 0 radical (unpaired) electrons. The van der Waals surface area contributed by atoms with Crippen molar-refractivity contribution < 1.29 is 14.6 Å². The molecule has 1 amide bonds. The van der Waals surface area contributed by atoms with Gasteiger partial charge in [0, 0.05) is 26.7 Å². The number of hydrogen-bond acceptors (Lipinski definition) is 4. The fourth-order valence-electron chi connectivity index (χ4n) is 1.08. The van der Waals surface area contributed by atoms with Crippen LogP contribution in [-0.2, 0) is 9.53 Å². The molecule has 0 aliphatic carbocycles. The van der Waals surface area contributed by atoms with Crippen LogP contribution in [0.3, 0.4) is 0 Å². The van der Waals surface area contributed by atoms with Gasteiger partial charge in [0.05, 0.1) is 19.8 Å². The summed E-state index contributed by atoms with van der Waals surface area (Å²) in [6.07, 6.45) is 1.69. The van der Waals surface area contributed by atoms with Crippen molar-refractivity contribution >= 4 is 5.91 Å². The summed E-state index contributed by atoms with van der Waals surface area (Å²) in [5.41, 5.74) is 0. The highest BCUT2D eigenvalue weighted by Gasteiger charge is 2.11. The van der Waals surface area contributed by atoms with E-state index in [0.29, 0.717) is 26.2 Å². The van der Waals surface area contributed by atoms with Crippen molar-refractivity contribution in [3.63, 3.8) is 0 Å². The number of ether oxygens (including phenoxy) is 1. The van der Waals surface area contributed by atoms with E-state index in [1.807, 2.05) is 0 Å². The van der Waals surface area contributed by atoms with Gasteiger partial charge in [0.15, 0.2) is 0 Å². The Kier molecular flexibility index (Phi) is 9.05. The zero-order valence-electron chi connectivity index (χ0n) is 9.24. The lowest BCUT2D eigenvalue weighted by Gasteiger charge is -2.21. The number of nitrogens with one attached hydrogen (secondary N) is 1. The maximum absolute atomic E-state index is 11.6. The summed E-state index contributed by atoms with van der Waals surface area (Å²) in [5.74, 6) is -0.0389. The smallest absolute Gasteiger partial charge is 0.236 e. The molecule has 0 saturated heterocycles. The summed E-state index contributed by atoms with van der Waals surface area (Å²) in [4.78, 5) is 13.1. The standard InChI is InChI=1S/C10H20N2O3/c1-3-4-11-9-10(14)12(5-7-13)6-8-15-2/h3,11,13H,1,4-9H2,2H3. The van der Waals surface area contributed by atoms with Crippen molar-refractivity contribution in [2.24, 2.45) is 0 Å². The van der Waals surface area contributed by atoms with Gasteiger partial charge >= 0.3 is 0 Å². The Balaban J connectivity index is 3.86. The third-order valence-corrected chi connectivity index (χ3v) is 1.85. The SMILES string of the molecule is C=CCNCC(=O)N(CCO)CCOC. The Hall–Kier alpha value is -0.910. The number of carbonyl (C=O) groups excluding carboxylic acids is 1. The lowest BCUT2D eigenvalue weighted by atomic mass is 10.4. The molecule has 0 rings (SSSR count). The average Bonchev–Trinajstić information content (AvgIpc) is 2.24. The average molecular weight is 216 g/mol. The molecule has 5 heteroatoms. The lowest BCUT2D eigenvalue weighted by molar-refractivity contribution is -0.131. The monoisotopic (exact) mass is 216 g/mol. The van der Waals surface area contributed by atoms with E-state index in [0.717, 1.165) is 0 Å². The maximum Gasteiger partial charge on any atom is 0.236 e. The van der Waals surface area contributed by atoms with Gasteiger partial charge in [-0.25, -0.2) is 0 Å². The zero-order valence-corrected chi connectivity index (χ0v) is 9.24. The molecule has 0 aliphatic heterocycles. The van der Waals surface area contributed by atoms with Gasteiger partial charge in [0.1, 0.15) is 0 Å². The minimum absolute atomic E-state index is 0.0308. The molecule has 0 unspecified atom stereocenters. The molecule has 0 fully saturated rings. The first-order valence-corrected chi connectivity index (χ1v) is 4.95. The number of amides is 1. The van der Waals surface area contributed by atoms with Gasteiger partial charge in [-0.05, 0) is 0 Å². The van der Waals surface area contributed by atoms with Gasteiger partial charge in [0.2, 0.25) is 5.91 Å². The van der Waals surface area contributed by atoms with Crippen LogP contribution in [0.5, 0.6) is 0 Å². The molecule has 0 bridgehead atoms. The van der Waals surface area contributed by atoms with Crippen LogP contribution in [-0.4, -0.2) is 62.4 Å². The predicted molar refractivity (Wildman–Crippen MR) is 58.6 cm³/mol. The second-order valence-corrected chi connectivity index (χ2v) is 3.02. The number of methoxy groups -OCH3 is 1. The van der Waals surface area contributed by atoms with Crippen LogP contribution >= 0.6 is 0 Å². The van der Waals surface area contributed by atoms with Crippen molar-refractivity contribution in [3.8, 4) is 0 Å². The van der Waals surface area contributed by atoms with Crippen LogP contribution in [0.4, 0.5) is 0 Å². The van der Waals surface area contributed by atoms with Crippen LogP contribution in [0.25, 0.3) is 0 Å². The summed E-state index contributed by atoms with van der Waals surface area (Å²) in [7, 11) is 1.58. The second kappa shape index (κ2) is 9.64. The van der Waals surface area contributed by atoms with Gasteiger partial charge in [-0.2, -0.15) is 0 Å². The van der Waals surface area contributed by atoms with Crippen molar-refractivity contribution in [1.29, 1.82) is 0 Å². The molecular weight excluding hydrogens is 196 g/mol. The Morgan fingerprint density at radius 1 is 1.60 bits per heavy atom. The highest BCUT2D eigenvalue weighted by atomic mass is 16.5. The summed E-state index contributed by atoms with van der Waals surface area (Å²) < 4.78 is 4.88. The largest absolute Gasteiger partial charge is 0.395 e. The van der Waals surface area contributed by atoms with Crippen LogP contribution in [0.15, 0.2) is 12.7 Å². The maximum atomic E-state index is 11.6. The van der Waals surface area contributed by atoms with E-state index in [-0.39, 0.29) is 19.1 Å². The van der Waals surface area contributed by atoms with E-state index in [1.165, 1.54) is 0 Å². The van der Waals surface area contributed by atoms with E-state index in [9.17, 15) is 4.79 Å². The summed E-state index contributed by atoms with van der Waals surface area (Å²) >= 11 is 0. The molecule has 0 spiro atoms. The van der Waals surface area contributed by atoms with E-state index >= 15 is 0 Å².